The van der Waals surface area contributed by atoms with E-state index in [9.17, 15) is 15.0 Å². The number of carbonyl (C=O) groups is 1. The highest BCUT2D eigenvalue weighted by atomic mass is 16.7. The van der Waals surface area contributed by atoms with Crippen LogP contribution in [0, 0.1) is 11.8 Å². The largest absolute Gasteiger partial charge is 0.481 e. The van der Waals surface area contributed by atoms with Crippen LogP contribution in [0.3, 0.4) is 0 Å². The molecule has 2 atom stereocenters. The molecule has 19 heavy (non-hydrogen) atoms. The van der Waals surface area contributed by atoms with Gasteiger partial charge in [-0.3, -0.25) is 4.79 Å². The Kier molecular flexibility index (Phi) is 3.41. The number of hydrogen-bond acceptors (Lipinski definition) is 4. The molecule has 1 aliphatic rings. The van der Waals surface area contributed by atoms with Crippen LogP contribution in [0.1, 0.15) is 26.3 Å². The summed E-state index contributed by atoms with van der Waals surface area (Å²) in [6, 6.07) is 5.00. The van der Waals surface area contributed by atoms with Crippen molar-refractivity contribution in [1.29, 1.82) is 0 Å². The quantitative estimate of drug-likeness (QED) is 0.871. The lowest BCUT2D eigenvalue weighted by Crippen LogP contribution is -2.40. The summed E-state index contributed by atoms with van der Waals surface area (Å²) in [5, 5.41) is 20.0. The minimum atomic E-state index is -1.47. The molecule has 0 bridgehead atoms. The Morgan fingerprint density at radius 2 is 1.95 bits per heavy atom. The van der Waals surface area contributed by atoms with E-state index in [1.165, 1.54) is 6.92 Å². The molecular weight excluding hydrogens is 248 g/mol. The van der Waals surface area contributed by atoms with Crippen LogP contribution in [0.25, 0.3) is 0 Å². The van der Waals surface area contributed by atoms with Crippen LogP contribution in [-0.4, -0.2) is 23.0 Å². The molecule has 5 heteroatoms. The van der Waals surface area contributed by atoms with E-state index in [4.69, 9.17) is 9.47 Å². The van der Waals surface area contributed by atoms with Gasteiger partial charge in [0.25, 0.3) is 0 Å². The third-order valence-corrected chi connectivity index (χ3v) is 3.50. The Balaban J connectivity index is 2.40. The minimum Gasteiger partial charge on any atom is -0.481 e. The summed E-state index contributed by atoms with van der Waals surface area (Å²) in [5.41, 5.74) is -0.959. The molecule has 0 saturated heterocycles. The molecule has 0 saturated carbocycles. The second-order valence-corrected chi connectivity index (χ2v) is 5.28. The standard InChI is InChI=1S/C14H18O5/c1-8(2)12(13(15)16)14(3,17)9-4-5-10-11(6-9)19-7-18-10/h4-6,8,12,17H,7H2,1-3H3,(H,15,16). The van der Waals surface area contributed by atoms with Gasteiger partial charge in [-0.1, -0.05) is 19.9 Å². The van der Waals surface area contributed by atoms with Gasteiger partial charge >= 0.3 is 5.97 Å². The Morgan fingerprint density at radius 1 is 1.32 bits per heavy atom. The van der Waals surface area contributed by atoms with Gasteiger partial charge in [0.05, 0.1) is 5.92 Å². The highest BCUT2D eigenvalue weighted by Crippen LogP contribution is 2.40. The van der Waals surface area contributed by atoms with Crippen molar-refractivity contribution in [3.63, 3.8) is 0 Å². The zero-order valence-electron chi connectivity index (χ0n) is 11.2. The monoisotopic (exact) mass is 266 g/mol. The van der Waals surface area contributed by atoms with Crippen molar-refractivity contribution >= 4 is 5.97 Å². The molecule has 1 aliphatic heterocycles. The maximum Gasteiger partial charge on any atom is 0.310 e. The van der Waals surface area contributed by atoms with Gasteiger partial charge in [-0.25, -0.2) is 0 Å². The number of carboxylic acid groups (broad SMARTS) is 1. The summed E-state index contributed by atoms with van der Waals surface area (Å²) in [7, 11) is 0. The lowest BCUT2D eigenvalue weighted by Gasteiger charge is -2.33. The fourth-order valence-corrected chi connectivity index (χ4v) is 2.57. The molecule has 1 aromatic rings. The molecule has 1 heterocycles. The number of rotatable bonds is 4. The first-order valence-corrected chi connectivity index (χ1v) is 6.19. The SMILES string of the molecule is CC(C)C(C(=O)O)C(C)(O)c1ccc2c(c1)OCO2. The van der Waals surface area contributed by atoms with Crippen LogP contribution in [-0.2, 0) is 10.4 Å². The fourth-order valence-electron chi connectivity index (χ4n) is 2.57. The fraction of sp³-hybridized carbons (Fsp3) is 0.500. The number of ether oxygens (including phenoxy) is 2. The van der Waals surface area contributed by atoms with Crippen molar-refractivity contribution in [1.82, 2.24) is 0 Å². The summed E-state index contributed by atoms with van der Waals surface area (Å²) in [5.74, 6) is -0.967. The molecule has 5 nitrogen and oxygen atoms in total. The van der Waals surface area contributed by atoms with Gasteiger partial charge in [0.2, 0.25) is 6.79 Å². The third-order valence-electron chi connectivity index (χ3n) is 3.50. The third kappa shape index (κ3) is 2.38. The molecule has 0 aromatic heterocycles. The maximum absolute atomic E-state index is 11.4. The minimum absolute atomic E-state index is 0.146. The Labute approximate surface area is 111 Å². The first kappa shape index (κ1) is 13.7. The van der Waals surface area contributed by atoms with Gasteiger partial charge in [0.1, 0.15) is 5.60 Å². The predicted molar refractivity (Wildman–Crippen MR) is 68.1 cm³/mol. The smallest absolute Gasteiger partial charge is 0.310 e. The van der Waals surface area contributed by atoms with Gasteiger partial charge in [-0.2, -0.15) is 0 Å². The second kappa shape index (κ2) is 4.74. The van der Waals surface area contributed by atoms with Gasteiger partial charge in [0, 0.05) is 0 Å². The van der Waals surface area contributed by atoms with E-state index in [0.29, 0.717) is 17.1 Å². The van der Waals surface area contributed by atoms with E-state index < -0.39 is 17.5 Å². The predicted octanol–water partition coefficient (Wildman–Crippen LogP) is 1.98. The zero-order chi connectivity index (χ0) is 14.2. The summed E-state index contributed by atoms with van der Waals surface area (Å²) in [6.07, 6.45) is 0. The number of fused-ring (bicyclic) bond motifs is 1. The first-order chi connectivity index (χ1) is 8.84. The number of benzene rings is 1. The van der Waals surface area contributed by atoms with Crippen LogP contribution in [0.4, 0.5) is 0 Å². The summed E-state index contributed by atoms with van der Waals surface area (Å²) < 4.78 is 10.5. The van der Waals surface area contributed by atoms with E-state index in [1.807, 2.05) is 0 Å². The molecule has 0 amide bonds. The molecule has 2 rings (SSSR count). The van der Waals surface area contributed by atoms with Crippen molar-refractivity contribution in [2.24, 2.45) is 11.8 Å². The molecule has 1 aromatic carbocycles. The molecule has 0 aliphatic carbocycles. The van der Waals surface area contributed by atoms with E-state index in [0.717, 1.165) is 0 Å². The topological polar surface area (TPSA) is 76.0 Å². The molecule has 2 unspecified atom stereocenters. The van der Waals surface area contributed by atoms with Crippen molar-refractivity contribution in [2.45, 2.75) is 26.4 Å². The molecule has 0 fully saturated rings. The average Bonchev–Trinajstić information content (AvgIpc) is 2.73. The molecule has 104 valence electrons. The Hall–Kier alpha value is -1.75. The zero-order valence-corrected chi connectivity index (χ0v) is 11.2. The van der Waals surface area contributed by atoms with Crippen molar-refractivity contribution in [2.75, 3.05) is 6.79 Å². The van der Waals surface area contributed by atoms with E-state index in [1.54, 1.807) is 32.0 Å². The maximum atomic E-state index is 11.4. The number of hydrogen-bond donors (Lipinski definition) is 2. The number of carboxylic acids is 1. The highest BCUT2D eigenvalue weighted by Gasteiger charge is 2.41. The van der Waals surface area contributed by atoms with Gasteiger partial charge in [-0.05, 0) is 30.5 Å². The van der Waals surface area contributed by atoms with Gasteiger partial charge in [0.15, 0.2) is 11.5 Å². The molecular formula is C14H18O5. The van der Waals surface area contributed by atoms with Crippen molar-refractivity contribution in [3.05, 3.63) is 23.8 Å². The molecule has 2 N–H and O–H groups in total. The molecule has 0 spiro atoms. The summed E-state index contributed by atoms with van der Waals surface area (Å²) in [4.78, 5) is 11.4. The van der Waals surface area contributed by atoms with Gasteiger partial charge in [-0.15, -0.1) is 0 Å². The first-order valence-electron chi connectivity index (χ1n) is 6.19. The Morgan fingerprint density at radius 3 is 2.53 bits per heavy atom. The summed E-state index contributed by atoms with van der Waals surface area (Å²) >= 11 is 0. The normalized spacial score (nSPS) is 18.2. The lowest BCUT2D eigenvalue weighted by atomic mass is 9.76. The second-order valence-electron chi connectivity index (χ2n) is 5.28. The van der Waals surface area contributed by atoms with E-state index in [-0.39, 0.29) is 12.7 Å². The van der Waals surface area contributed by atoms with E-state index in [2.05, 4.69) is 0 Å². The van der Waals surface area contributed by atoms with Crippen LogP contribution in [0.5, 0.6) is 11.5 Å². The van der Waals surface area contributed by atoms with Crippen LogP contribution in [0.15, 0.2) is 18.2 Å². The van der Waals surface area contributed by atoms with Crippen molar-refractivity contribution < 1.29 is 24.5 Å². The number of aliphatic carboxylic acids is 1. The number of aliphatic hydroxyl groups is 1. The van der Waals surface area contributed by atoms with Crippen LogP contribution < -0.4 is 9.47 Å². The highest BCUT2D eigenvalue weighted by molar-refractivity contribution is 5.72. The average molecular weight is 266 g/mol. The van der Waals surface area contributed by atoms with Gasteiger partial charge < -0.3 is 19.7 Å². The van der Waals surface area contributed by atoms with E-state index >= 15 is 0 Å². The van der Waals surface area contributed by atoms with Crippen molar-refractivity contribution in [3.8, 4) is 11.5 Å². The molecule has 0 radical (unpaired) electrons. The summed E-state index contributed by atoms with van der Waals surface area (Å²) in [6.45, 7) is 5.22. The Bertz CT molecular complexity index is 493. The van der Waals surface area contributed by atoms with Crippen LogP contribution in [0.2, 0.25) is 0 Å². The lowest BCUT2D eigenvalue weighted by molar-refractivity contribution is -0.155. The van der Waals surface area contributed by atoms with Crippen LogP contribution >= 0.6 is 0 Å².